The third-order valence-corrected chi connectivity index (χ3v) is 6.17. The maximum Gasteiger partial charge on any atom is 0.246 e. The van der Waals surface area contributed by atoms with E-state index < -0.39 is 0 Å². The molecular weight excluding hydrogens is 356 g/mol. The number of hydrogen-bond donors (Lipinski definition) is 1. The second kappa shape index (κ2) is 7.48. The van der Waals surface area contributed by atoms with E-state index in [0.717, 1.165) is 28.9 Å². The molecule has 1 amide bonds. The molecule has 1 N–H and O–H groups in total. The number of nitrogens with one attached hydrogen (secondary N) is 1. The molecule has 1 atom stereocenters. The Kier molecular flexibility index (Phi) is 4.90. The summed E-state index contributed by atoms with van der Waals surface area (Å²) in [7, 11) is 0. The van der Waals surface area contributed by atoms with Gasteiger partial charge in [-0.05, 0) is 30.0 Å². The van der Waals surface area contributed by atoms with Gasteiger partial charge < -0.3 is 10.2 Å². The number of fused-ring (bicyclic) bond motifs is 3. The van der Waals surface area contributed by atoms with Crippen molar-refractivity contribution >= 4 is 33.3 Å². The Morgan fingerprint density at radius 2 is 2.19 bits per heavy atom. The van der Waals surface area contributed by atoms with E-state index in [2.05, 4.69) is 53.1 Å². The van der Waals surface area contributed by atoms with Crippen LogP contribution in [0.4, 0.5) is 5.82 Å². The van der Waals surface area contributed by atoms with Crippen molar-refractivity contribution in [3.8, 4) is 0 Å². The van der Waals surface area contributed by atoms with E-state index in [1.165, 1.54) is 22.1 Å². The predicted octanol–water partition coefficient (Wildman–Crippen LogP) is 4.33. The first-order valence-electron chi connectivity index (χ1n) is 9.19. The lowest BCUT2D eigenvalue weighted by molar-refractivity contribution is -0.126. The van der Waals surface area contributed by atoms with Crippen molar-refractivity contribution in [1.29, 1.82) is 0 Å². The Labute approximate surface area is 162 Å². The monoisotopic (exact) mass is 378 g/mol. The molecule has 0 fully saturated rings. The summed E-state index contributed by atoms with van der Waals surface area (Å²) < 4.78 is 0. The third kappa shape index (κ3) is 3.32. The molecule has 6 heteroatoms. The molecule has 0 aliphatic carbocycles. The van der Waals surface area contributed by atoms with Crippen molar-refractivity contribution in [1.82, 2.24) is 14.9 Å². The molecule has 0 bridgehead atoms. The fraction of sp³-hybridized carbons (Fsp3) is 0.286. The minimum Gasteiger partial charge on any atom is -0.363 e. The summed E-state index contributed by atoms with van der Waals surface area (Å²) in [4.78, 5) is 25.0. The minimum atomic E-state index is -0.0161. The lowest BCUT2D eigenvalue weighted by Crippen LogP contribution is -2.34. The molecule has 0 spiro atoms. The zero-order valence-corrected chi connectivity index (χ0v) is 16.1. The van der Waals surface area contributed by atoms with Gasteiger partial charge in [0.1, 0.15) is 17.0 Å². The summed E-state index contributed by atoms with van der Waals surface area (Å²) in [6.45, 7) is 7.09. The van der Waals surface area contributed by atoms with Gasteiger partial charge in [0.25, 0.3) is 0 Å². The van der Waals surface area contributed by atoms with Gasteiger partial charge in [-0.25, -0.2) is 9.97 Å². The summed E-state index contributed by atoms with van der Waals surface area (Å²) >= 11 is 1.66. The number of nitrogens with zero attached hydrogens (tertiary/aromatic N) is 3. The highest BCUT2D eigenvalue weighted by atomic mass is 32.1. The standard InChI is InChI=1S/C21H22N4OS/c1-3-16(14-8-6-5-7-9-14)24-20-19-15-10-11-25(18(26)4-2)12-17(15)27-21(19)23-13-22-20/h4-9,13,16H,2-3,10-12H2,1H3,(H,22,23,24)/t16-/m1/s1. The van der Waals surface area contributed by atoms with Gasteiger partial charge >= 0.3 is 0 Å². The SMILES string of the molecule is C=CC(=O)N1CCc2c(sc3ncnc(N[C@H](CC)c4ccccc4)c23)C1. The lowest BCUT2D eigenvalue weighted by Gasteiger charge is -2.26. The maximum absolute atomic E-state index is 12.0. The highest BCUT2D eigenvalue weighted by Crippen LogP contribution is 2.38. The Hall–Kier alpha value is -2.73. The van der Waals surface area contributed by atoms with Crippen molar-refractivity contribution in [2.45, 2.75) is 32.4 Å². The molecule has 1 aliphatic heterocycles. The third-order valence-electron chi connectivity index (χ3n) is 5.04. The van der Waals surface area contributed by atoms with Crippen LogP contribution in [0.1, 0.15) is 35.4 Å². The number of carbonyl (C=O) groups is 1. The second-order valence-corrected chi connectivity index (χ2v) is 7.72. The van der Waals surface area contributed by atoms with E-state index in [1.54, 1.807) is 17.7 Å². The fourth-order valence-electron chi connectivity index (χ4n) is 3.63. The normalized spacial score (nSPS) is 14.6. The maximum atomic E-state index is 12.0. The van der Waals surface area contributed by atoms with Crippen molar-refractivity contribution < 1.29 is 4.79 Å². The number of rotatable bonds is 5. The van der Waals surface area contributed by atoms with E-state index in [-0.39, 0.29) is 11.9 Å². The topological polar surface area (TPSA) is 58.1 Å². The molecule has 1 aromatic carbocycles. The summed E-state index contributed by atoms with van der Waals surface area (Å²) in [5.41, 5.74) is 2.52. The molecular formula is C21H22N4OS. The van der Waals surface area contributed by atoms with Crippen LogP contribution >= 0.6 is 11.3 Å². The van der Waals surface area contributed by atoms with Crippen LogP contribution in [-0.2, 0) is 17.8 Å². The highest BCUT2D eigenvalue weighted by molar-refractivity contribution is 7.19. The molecule has 5 nitrogen and oxygen atoms in total. The van der Waals surface area contributed by atoms with Gasteiger partial charge in [0.05, 0.1) is 18.0 Å². The highest BCUT2D eigenvalue weighted by Gasteiger charge is 2.25. The first kappa shape index (κ1) is 17.7. The molecule has 4 rings (SSSR count). The van der Waals surface area contributed by atoms with Gasteiger partial charge in [0, 0.05) is 11.4 Å². The smallest absolute Gasteiger partial charge is 0.246 e. The van der Waals surface area contributed by atoms with E-state index in [4.69, 9.17) is 0 Å². The number of hydrogen-bond acceptors (Lipinski definition) is 5. The van der Waals surface area contributed by atoms with Gasteiger partial charge in [0.2, 0.25) is 5.91 Å². The summed E-state index contributed by atoms with van der Waals surface area (Å²) in [6.07, 6.45) is 4.79. The Morgan fingerprint density at radius 3 is 2.93 bits per heavy atom. The summed E-state index contributed by atoms with van der Waals surface area (Å²) in [6, 6.07) is 10.6. The van der Waals surface area contributed by atoms with Crippen LogP contribution in [0, 0.1) is 0 Å². The van der Waals surface area contributed by atoms with Crippen LogP contribution in [0.5, 0.6) is 0 Å². The average Bonchev–Trinajstić information content (AvgIpc) is 3.10. The van der Waals surface area contributed by atoms with E-state index in [9.17, 15) is 4.79 Å². The average molecular weight is 379 g/mol. The molecule has 2 aromatic heterocycles. The van der Waals surface area contributed by atoms with Crippen LogP contribution in [0.25, 0.3) is 10.2 Å². The Bertz CT molecular complexity index is 983. The Morgan fingerprint density at radius 1 is 1.37 bits per heavy atom. The number of carbonyl (C=O) groups excluding carboxylic acids is 1. The molecule has 0 saturated heterocycles. The zero-order chi connectivity index (χ0) is 18.8. The molecule has 138 valence electrons. The summed E-state index contributed by atoms with van der Waals surface area (Å²) in [5.74, 6) is 0.870. The van der Waals surface area contributed by atoms with Gasteiger partial charge in [-0.3, -0.25) is 4.79 Å². The second-order valence-electron chi connectivity index (χ2n) is 6.64. The largest absolute Gasteiger partial charge is 0.363 e. The molecule has 3 aromatic rings. The number of aromatic nitrogens is 2. The van der Waals surface area contributed by atoms with Crippen molar-refractivity contribution in [3.05, 3.63) is 65.3 Å². The van der Waals surface area contributed by atoms with Crippen LogP contribution in [0.3, 0.4) is 0 Å². The van der Waals surface area contributed by atoms with Crippen molar-refractivity contribution in [3.63, 3.8) is 0 Å². The molecule has 0 saturated carbocycles. The van der Waals surface area contributed by atoms with Crippen molar-refractivity contribution in [2.24, 2.45) is 0 Å². The number of amides is 1. The summed E-state index contributed by atoms with van der Waals surface area (Å²) in [5, 5.41) is 4.74. The van der Waals surface area contributed by atoms with Gasteiger partial charge in [-0.2, -0.15) is 0 Å². The minimum absolute atomic E-state index is 0.0161. The van der Waals surface area contributed by atoms with Crippen LogP contribution < -0.4 is 5.32 Å². The van der Waals surface area contributed by atoms with Crippen LogP contribution in [0.2, 0.25) is 0 Å². The predicted molar refractivity (Wildman–Crippen MR) is 110 cm³/mol. The number of thiophene rings is 1. The van der Waals surface area contributed by atoms with Gasteiger partial charge in [-0.15, -0.1) is 11.3 Å². The lowest BCUT2D eigenvalue weighted by atomic mass is 10.0. The first-order chi connectivity index (χ1) is 13.2. The van der Waals surface area contributed by atoms with E-state index in [0.29, 0.717) is 13.1 Å². The Balaban J connectivity index is 1.70. The molecule has 0 unspecified atom stereocenters. The molecule has 0 radical (unpaired) electrons. The molecule has 3 heterocycles. The van der Waals surface area contributed by atoms with Crippen LogP contribution in [0.15, 0.2) is 49.3 Å². The van der Waals surface area contributed by atoms with Gasteiger partial charge in [0.15, 0.2) is 0 Å². The van der Waals surface area contributed by atoms with E-state index >= 15 is 0 Å². The van der Waals surface area contributed by atoms with Gasteiger partial charge in [-0.1, -0.05) is 43.8 Å². The van der Waals surface area contributed by atoms with Crippen molar-refractivity contribution in [2.75, 3.05) is 11.9 Å². The zero-order valence-electron chi connectivity index (χ0n) is 15.3. The molecule has 27 heavy (non-hydrogen) atoms. The quantitative estimate of drug-likeness (QED) is 0.672. The molecule has 1 aliphatic rings. The number of benzene rings is 1. The van der Waals surface area contributed by atoms with E-state index in [1.807, 2.05) is 11.0 Å². The van der Waals surface area contributed by atoms with Crippen LogP contribution in [-0.4, -0.2) is 27.3 Å². The first-order valence-corrected chi connectivity index (χ1v) is 10.0. The fourth-order valence-corrected chi connectivity index (χ4v) is 4.83. The number of anilines is 1.